The number of methoxy groups -OCH3 is 1. The first kappa shape index (κ1) is 21.6. The number of hydrogen-bond acceptors (Lipinski definition) is 4. The van der Waals surface area contributed by atoms with Crippen LogP contribution in [0.5, 0.6) is 0 Å². The number of rotatable bonds is 9. The second-order valence-electron chi connectivity index (χ2n) is 7.72. The number of imide groups is 1. The molecule has 1 aromatic heterocycles. The molecule has 32 heavy (non-hydrogen) atoms. The minimum absolute atomic E-state index is 0.118. The fourth-order valence-corrected chi connectivity index (χ4v) is 3.92. The molecule has 0 bridgehead atoms. The lowest BCUT2D eigenvalue weighted by Crippen LogP contribution is -2.34. The van der Waals surface area contributed by atoms with Crippen molar-refractivity contribution in [2.24, 2.45) is 0 Å². The summed E-state index contributed by atoms with van der Waals surface area (Å²) in [5.41, 5.74) is 2.69. The number of aromatic nitrogens is 1. The molecule has 1 aliphatic heterocycles. The number of carbonyl (C=O) groups excluding carboxylic acids is 3. The van der Waals surface area contributed by atoms with Gasteiger partial charge in [0, 0.05) is 31.8 Å². The lowest BCUT2D eigenvalue weighted by Gasteiger charge is -2.13. The van der Waals surface area contributed by atoms with Crippen LogP contribution in [0.3, 0.4) is 0 Å². The van der Waals surface area contributed by atoms with E-state index < -0.39 is 12.1 Å². The molecule has 2 N–H and O–H groups in total. The van der Waals surface area contributed by atoms with Crippen LogP contribution in [0.4, 0.5) is 10.5 Å². The van der Waals surface area contributed by atoms with Gasteiger partial charge >= 0.3 is 6.03 Å². The van der Waals surface area contributed by atoms with Gasteiger partial charge in [0.1, 0.15) is 6.04 Å². The summed E-state index contributed by atoms with van der Waals surface area (Å²) < 4.78 is 7.20. The highest BCUT2D eigenvalue weighted by Gasteiger charge is 2.38. The number of ether oxygens (including phenoxy) is 1. The normalized spacial score (nSPS) is 15.9. The highest BCUT2D eigenvalue weighted by Crippen LogP contribution is 2.25. The monoisotopic (exact) mass is 434 g/mol. The molecule has 8 nitrogen and oxygen atoms in total. The van der Waals surface area contributed by atoms with Crippen molar-refractivity contribution in [2.45, 2.75) is 25.4 Å². The van der Waals surface area contributed by atoms with E-state index in [0.29, 0.717) is 25.3 Å². The molecule has 0 spiro atoms. The second kappa shape index (κ2) is 9.65. The Morgan fingerprint density at radius 2 is 1.88 bits per heavy atom. The van der Waals surface area contributed by atoms with Crippen molar-refractivity contribution in [3.63, 3.8) is 0 Å². The maximum absolute atomic E-state index is 12.7. The maximum Gasteiger partial charge on any atom is 0.324 e. The number of urea groups is 1. The van der Waals surface area contributed by atoms with E-state index in [0.717, 1.165) is 16.5 Å². The molecular weight excluding hydrogens is 408 g/mol. The molecule has 1 fully saturated rings. The van der Waals surface area contributed by atoms with Gasteiger partial charge in [-0.3, -0.25) is 14.5 Å². The zero-order valence-electron chi connectivity index (χ0n) is 17.9. The zero-order valence-corrected chi connectivity index (χ0v) is 17.9. The van der Waals surface area contributed by atoms with Gasteiger partial charge in [0.15, 0.2) is 0 Å². The molecule has 4 amide bonds. The predicted octanol–water partition coefficient (Wildman–Crippen LogP) is 2.78. The zero-order chi connectivity index (χ0) is 22.5. The number of nitrogens with one attached hydrogen (secondary N) is 2. The summed E-state index contributed by atoms with van der Waals surface area (Å²) in [5.74, 6) is -0.698. The van der Waals surface area contributed by atoms with Crippen LogP contribution in [-0.4, -0.2) is 53.6 Å². The Hall–Kier alpha value is -3.65. The number of fused-ring (bicyclic) bond motifs is 1. The van der Waals surface area contributed by atoms with Gasteiger partial charge in [0.25, 0.3) is 5.91 Å². The number of hydrogen-bond donors (Lipinski definition) is 2. The third-order valence-electron chi connectivity index (χ3n) is 5.59. The average Bonchev–Trinajstić information content (AvgIpc) is 3.32. The van der Waals surface area contributed by atoms with Gasteiger partial charge in [-0.2, -0.15) is 0 Å². The molecule has 0 saturated carbocycles. The van der Waals surface area contributed by atoms with Crippen molar-refractivity contribution in [1.29, 1.82) is 0 Å². The van der Waals surface area contributed by atoms with Gasteiger partial charge in [-0.05, 0) is 30.2 Å². The van der Waals surface area contributed by atoms with Crippen molar-refractivity contribution in [2.75, 3.05) is 25.6 Å². The summed E-state index contributed by atoms with van der Waals surface area (Å²) in [7, 11) is 1.66. The number of nitrogens with zero attached hydrogens (tertiary/aromatic N) is 2. The Bertz CT molecular complexity index is 1130. The molecule has 4 rings (SSSR count). The first-order valence-corrected chi connectivity index (χ1v) is 10.6. The third-order valence-corrected chi connectivity index (χ3v) is 5.59. The van der Waals surface area contributed by atoms with E-state index in [4.69, 9.17) is 4.74 Å². The van der Waals surface area contributed by atoms with Crippen LogP contribution in [0, 0.1) is 0 Å². The van der Waals surface area contributed by atoms with Crippen LogP contribution in [-0.2, 0) is 27.3 Å². The van der Waals surface area contributed by atoms with E-state index in [-0.39, 0.29) is 24.8 Å². The lowest BCUT2D eigenvalue weighted by molar-refractivity contribution is -0.129. The van der Waals surface area contributed by atoms with Crippen LogP contribution in [0.2, 0.25) is 0 Å². The molecule has 1 atom stereocenters. The Labute approximate surface area is 186 Å². The van der Waals surface area contributed by atoms with E-state index in [1.807, 2.05) is 60.8 Å². The number of benzene rings is 2. The molecule has 1 saturated heterocycles. The van der Waals surface area contributed by atoms with Gasteiger partial charge in [-0.1, -0.05) is 36.4 Å². The molecule has 2 heterocycles. The molecule has 0 radical (unpaired) electrons. The molecule has 2 aromatic carbocycles. The fourth-order valence-electron chi connectivity index (χ4n) is 3.92. The highest BCUT2D eigenvalue weighted by molar-refractivity contribution is 6.08. The second-order valence-corrected chi connectivity index (χ2v) is 7.72. The first-order chi connectivity index (χ1) is 15.6. The standard InChI is InChI=1S/C24H26N4O4/c1-32-15-14-27-12-11-18-19(8-5-9-21(18)27)25-22(29)16-20-23(30)28(24(31)26-20)13-10-17-6-3-2-4-7-17/h2-9,11-12,20H,10,13-16H2,1H3,(H,25,29)(H,26,31)/t20-/m0/s1. The molecule has 8 heteroatoms. The van der Waals surface area contributed by atoms with Crippen molar-refractivity contribution < 1.29 is 19.1 Å². The largest absolute Gasteiger partial charge is 0.383 e. The summed E-state index contributed by atoms with van der Waals surface area (Å²) in [6, 6.07) is 15.9. The van der Waals surface area contributed by atoms with Gasteiger partial charge in [-0.15, -0.1) is 0 Å². The highest BCUT2D eigenvalue weighted by atomic mass is 16.5. The third kappa shape index (κ3) is 4.65. The first-order valence-electron chi connectivity index (χ1n) is 10.6. The van der Waals surface area contributed by atoms with Crippen LogP contribution in [0.15, 0.2) is 60.8 Å². The van der Waals surface area contributed by atoms with E-state index in [9.17, 15) is 14.4 Å². The topological polar surface area (TPSA) is 92.7 Å². The van der Waals surface area contributed by atoms with Gasteiger partial charge in [-0.25, -0.2) is 4.79 Å². The quantitative estimate of drug-likeness (QED) is 0.507. The molecule has 1 aliphatic rings. The van der Waals surface area contributed by atoms with Crippen molar-refractivity contribution in [3.05, 3.63) is 66.4 Å². The smallest absolute Gasteiger partial charge is 0.324 e. The summed E-state index contributed by atoms with van der Waals surface area (Å²) >= 11 is 0. The SMILES string of the molecule is COCCn1ccc2c(NC(=O)C[C@@H]3NC(=O)N(CCc4ccccc4)C3=O)cccc21. The van der Waals surface area contributed by atoms with Gasteiger partial charge in [0.2, 0.25) is 5.91 Å². The summed E-state index contributed by atoms with van der Waals surface area (Å²) in [6.45, 7) is 1.57. The van der Waals surface area contributed by atoms with E-state index in [1.165, 1.54) is 4.90 Å². The van der Waals surface area contributed by atoms with Gasteiger partial charge < -0.3 is 19.9 Å². The van der Waals surface area contributed by atoms with E-state index in [2.05, 4.69) is 15.2 Å². The number of anilines is 1. The van der Waals surface area contributed by atoms with Crippen molar-refractivity contribution >= 4 is 34.4 Å². The predicted molar refractivity (Wildman–Crippen MR) is 121 cm³/mol. The van der Waals surface area contributed by atoms with Crippen molar-refractivity contribution in [1.82, 2.24) is 14.8 Å². The Morgan fingerprint density at radius 3 is 2.66 bits per heavy atom. The Balaban J connectivity index is 1.37. The summed E-state index contributed by atoms with van der Waals surface area (Å²) in [6.07, 6.45) is 2.40. The summed E-state index contributed by atoms with van der Waals surface area (Å²) in [4.78, 5) is 38.8. The lowest BCUT2D eigenvalue weighted by atomic mass is 10.1. The Kier molecular flexibility index (Phi) is 6.51. The van der Waals surface area contributed by atoms with Crippen LogP contribution in [0.1, 0.15) is 12.0 Å². The number of amides is 4. The molecule has 3 aromatic rings. The Morgan fingerprint density at radius 1 is 1.06 bits per heavy atom. The van der Waals surface area contributed by atoms with Crippen LogP contribution < -0.4 is 10.6 Å². The molecule has 0 aliphatic carbocycles. The van der Waals surface area contributed by atoms with E-state index >= 15 is 0 Å². The minimum atomic E-state index is -0.858. The fraction of sp³-hybridized carbons (Fsp3) is 0.292. The molecule has 166 valence electrons. The molecular formula is C24H26N4O4. The van der Waals surface area contributed by atoms with Crippen molar-refractivity contribution in [3.8, 4) is 0 Å². The summed E-state index contributed by atoms with van der Waals surface area (Å²) in [5, 5.41) is 6.42. The van der Waals surface area contributed by atoms with E-state index in [1.54, 1.807) is 7.11 Å². The molecule has 0 unspecified atom stereocenters. The van der Waals surface area contributed by atoms with Crippen LogP contribution in [0.25, 0.3) is 10.9 Å². The van der Waals surface area contributed by atoms with Gasteiger partial charge in [0.05, 0.1) is 24.2 Å². The maximum atomic E-state index is 12.7. The van der Waals surface area contributed by atoms with Crippen LogP contribution >= 0.6 is 0 Å². The minimum Gasteiger partial charge on any atom is -0.383 e. The average molecular weight is 434 g/mol. The number of carbonyl (C=O) groups is 3.